The smallest absolute Gasteiger partial charge is 0.276 e. The third kappa shape index (κ3) is 11.6. The van der Waals surface area contributed by atoms with Crippen LogP contribution in [-0.4, -0.2) is 25.9 Å². The Labute approximate surface area is 73.4 Å². The van der Waals surface area contributed by atoms with E-state index in [-0.39, 0.29) is 19.5 Å². The van der Waals surface area contributed by atoms with E-state index in [1.807, 2.05) is 0 Å². The molecule has 0 aliphatic rings. The van der Waals surface area contributed by atoms with Gasteiger partial charge in [0.25, 0.3) is 0 Å². The van der Waals surface area contributed by atoms with Crippen molar-refractivity contribution in [1.29, 1.82) is 0 Å². The van der Waals surface area contributed by atoms with Gasteiger partial charge in [0.2, 0.25) is 0 Å². The molecule has 0 rings (SSSR count). The predicted octanol–water partition coefficient (Wildman–Crippen LogP) is -0.677. The molecule has 0 bridgehead atoms. The normalized spacial score (nSPS) is 12.2. The zero-order chi connectivity index (χ0) is 7.71. The summed E-state index contributed by atoms with van der Waals surface area (Å²) in [4.78, 5) is 0. The molecule has 0 atom stereocenters. The Balaban J connectivity index is 0. The van der Waals surface area contributed by atoms with Crippen molar-refractivity contribution in [2.45, 2.75) is 0 Å². The second-order valence-electron chi connectivity index (χ2n) is 0.924. The molecule has 10 heteroatoms. The first-order valence-corrected chi connectivity index (χ1v) is 6.10. The van der Waals surface area contributed by atoms with Crippen LogP contribution in [0, 0.1) is 0 Å². The molecular weight excluding hydrogens is 258 g/mol. The monoisotopic (exact) mass is 258 g/mol. The van der Waals surface area contributed by atoms with Crippen LogP contribution in [0.25, 0.3) is 0 Å². The fourth-order valence-electron chi connectivity index (χ4n) is 0.109. The number of rotatable bonds is 2. The van der Waals surface area contributed by atoms with E-state index >= 15 is 0 Å². The molecule has 0 radical (unpaired) electrons. The van der Waals surface area contributed by atoms with Gasteiger partial charge in [-0.2, -0.15) is 16.8 Å². The third-order valence-corrected chi connectivity index (χ3v) is 4.64. The molecule has 0 saturated heterocycles. The van der Waals surface area contributed by atoms with Crippen molar-refractivity contribution in [2.24, 2.45) is 0 Å². The van der Waals surface area contributed by atoms with Crippen molar-refractivity contribution < 1.29 is 45.4 Å². The van der Waals surface area contributed by atoms with Gasteiger partial charge < -0.3 is 0 Å². The van der Waals surface area contributed by atoms with Gasteiger partial charge in [-0.25, -0.2) is 0 Å². The van der Waals surface area contributed by atoms with Gasteiger partial charge in [-0.05, 0) is 0 Å². The van der Waals surface area contributed by atoms with Gasteiger partial charge in [0.1, 0.15) is 0 Å². The van der Waals surface area contributed by atoms with Crippen LogP contribution in [-0.2, 0) is 37.8 Å². The fourth-order valence-corrected chi connectivity index (χ4v) is 2.93. The molecule has 58 valence electrons. The average Bonchev–Trinajstić information content (AvgIpc) is 1.14. The Morgan fingerprint density at radius 1 is 0.900 bits per heavy atom. The minimum Gasteiger partial charge on any atom is -0.276 e. The molecule has 0 aromatic rings. The number of hydrogen-bond donors (Lipinski definition) is 2. The van der Waals surface area contributed by atoms with E-state index < -0.39 is 28.1 Å². The van der Waals surface area contributed by atoms with Crippen molar-refractivity contribution >= 4 is 28.1 Å². The molecule has 0 unspecified atom stereocenters. The maximum atomic E-state index is 9.63. The molecule has 10 heavy (non-hydrogen) atoms. The second-order valence-corrected chi connectivity index (χ2v) is 6.93. The van der Waals surface area contributed by atoms with Gasteiger partial charge in [0.05, 0.1) is 0 Å². The molecule has 0 aliphatic heterocycles. The Kier molecular flexibility index (Phi) is 5.33. The molecule has 0 fully saturated rings. The molecule has 0 saturated carbocycles. The van der Waals surface area contributed by atoms with Gasteiger partial charge in [-0.1, -0.05) is 0 Å². The standard InChI is InChI=1S/H2O6S3.Zn/c1-8(2,3)7-9(4,5)6;/h(H,1,2,3)(H,4,5,6);. The fraction of sp³-hybridized carbons (Fsp3) is 0. The second kappa shape index (κ2) is 3.98. The van der Waals surface area contributed by atoms with E-state index in [4.69, 9.17) is 9.11 Å². The molecule has 0 aromatic heterocycles. The average molecular weight is 260 g/mol. The van der Waals surface area contributed by atoms with Crippen LogP contribution >= 0.6 is 9.83 Å². The Morgan fingerprint density at radius 3 is 1.10 bits per heavy atom. The van der Waals surface area contributed by atoms with Gasteiger partial charge in [0.15, 0.2) is 9.83 Å². The van der Waals surface area contributed by atoms with Gasteiger partial charge >= 0.3 is 18.3 Å². The quantitative estimate of drug-likeness (QED) is 0.384. The molecule has 0 aliphatic carbocycles. The van der Waals surface area contributed by atoms with E-state index in [1.54, 1.807) is 0 Å². The summed E-state index contributed by atoms with van der Waals surface area (Å²) in [6.07, 6.45) is 0. The predicted molar refractivity (Wildman–Crippen MR) is 30.7 cm³/mol. The van der Waals surface area contributed by atoms with Gasteiger partial charge in [-0.3, -0.25) is 9.11 Å². The summed E-state index contributed by atoms with van der Waals surface area (Å²) in [5.41, 5.74) is 0. The molecule has 0 amide bonds. The molecule has 0 aromatic carbocycles. The molecular formula is H2O6S3Zn. The Morgan fingerprint density at radius 2 is 1.10 bits per heavy atom. The van der Waals surface area contributed by atoms with E-state index in [2.05, 4.69) is 0 Å². The van der Waals surface area contributed by atoms with E-state index in [1.165, 1.54) is 0 Å². The van der Waals surface area contributed by atoms with Crippen LogP contribution in [0.2, 0.25) is 0 Å². The van der Waals surface area contributed by atoms with E-state index in [0.717, 1.165) is 0 Å². The van der Waals surface area contributed by atoms with Crippen molar-refractivity contribution in [3.8, 4) is 0 Å². The molecule has 2 N–H and O–H groups in total. The summed E-state index contributed by atoms with van der Waals surface area (Å²) in [7, 11) is -10.3. The first kappa shape index (κ1) is 13.4. The molecule has 0 heterocycles. The van der Waals surface area contributed by atoms with Crippen LogP contribution in [0.1, 0.15) is 0 Å². The molecule has 6 nitrogen and oxygen atoms in total. The van der Waals surface area contributed by atoms with Crippen LogP contribution in [0.15, 0.2) is 0 Å². The topological polar surface area (TPSA) is 109 Å². The van der Waals surface area contributed by atoms with Crippen LogP contribution < -0.4 is 0 Å². The van der Waals surface area contributed by atoms with Gasteiger partial charge in [0, 0.05) is 19.5 Å². The van der Waals surface area contributed by atoms with Gasteiger partial charge in [-0.15, -0.1) is 0 Å². The van der Waals surface area contributed by atoms with Crippen LogP contribution in [0.4, 0.5) is 0 Å². The number of hydrogen-bond acceptors (Lipinski definition) is 5. The first-order chi connectivity index (χ1) is 3.71. The Bertz CT molecular complexity index is 238. The Hall–Kier alpha value is 0.793. The minimum absolute atomic E-state index is 0. The van der Waals surface area contributed by atoms with Crippen LogP contribution in [0.3, 0.4) is 0 Å². The van der Waals surface area contributed by atoms with Crippen molar-refractivity contribution in [2.75, 3.05) is 0 Å². The summed E-state index contributed by atoms with van der Waals surface area (Å²) < 4.78 is 54.0. The van der Waals surface area contributed by atoms with E-state index in [0.29, 0.717) is 0 Å². The third-order valence-electron chi connectivity index (χ3n) is 0.172. The maximum absolute atomic E-state index is 9.63. The summed E-state index contributed by atoms with van der Waals surface area (Å²) in [6, 6.07) is 0. The van der Waals surface area contributed by atoms with E-state index in [9.17, 15) is 16.8 Å². The molecule has 0 spiro atoms. The van der Waals surface area contributed by atoms with Crippen LogP contribution in [0.5, 0.6) is 0 Å². The maximum Gasteiger partial charge on any atom is 0.336 e. The van der Waals surface area contributed by atoms with Crippen molar-refractivity contribution in [3.63, 3.8) is 0 Å². The first-order valence-electron chi connectivity index (χ1n) is 1.37. The minimum atomic E-state index is -4.70. The van der Waals surface area contributed by atoms with Crippen molar-refractivity contribution in [3.05, 3.63) is 0 Å². The summed E-state index contributed by atoms with van der Waals surface area (Å²) in [6.45, 7) is 0. The largest absolute Gasteiger partial charge is 0.336 e. The summed E-state index contributed by atoms with van der Waals surface area (Å²) in [5, 5.41) is 0. The van der Waals surface area contributed by atoms with Crippen molar-refractivity contribution in [1.82, 2.24) is 0 Å². The SMILES string of the molecule is O=S(=O)(O)SS(=O)(=O)O.[Zn]. The zero-order valence-corrected chi connectivity index (χ0v) is 9.88. The summed E-state index contributed by atoms with van der Waals surface area (Å²) >= 11 is 0. The summed E-state index contributed by atoms with van der Waals surface area (Å²) in [5.74, 6) is 0. The zero-order valence-electron chi connectivity index (χ0n) is 4.46.